The van der Waals surface area contributed by atoms with Gasteiger partial charge in [0.2, 0.25) is 0 Å². The summed E-state index contributed by atoms with van der Waals surface area (Å²) in [4.78, 5) is 0. The molecule has 2 aromatic carbocycles. The molecule has 0 spiro atoms. The Morgan fingerprint density at radius 1 is 1.21 bits per heavy atom. The third-order valence-corrected chi connectivity index (χ3v) is 3.77. The van der Waals surface area contributed by atoms with Crippen LogP contribution in [0.5, 0.6) is 0 Å². The lowest BCUT2D eigenvalue weighted by Gasteiger charge is -2.16. The average molecular weight is 344 g/mol. The molecule has 100 valence electrons. The monoisotopic (exact) mass is 342 g/mol. The first-order valence-electron chi connectivity index (χ1n) is 5.88. The first-order chi connectivity index (χ1) is 9.09. The maximum atomic E-state index is 14.0. The summed E-state index contributed by atoms with van der Waals surface area (Å²) in [6.07, 6.45) is -0.412. The molecule has 0 radical (unpaired) electrons. The second kappa shape index (κ2) is 6.51. The zero-order valence-corrected chi connectivity index (χ0v) is 12.7. The van der Waals surface area contributed by atoms with Crippen LogP contribution in [-0.2, 0) is 11.3 Å². The lowest BCUT2D eigenvalue weighted by atomic mass is 10.1. The Hall–Kier alpha value is -0.900. The van der Waals surface area contributed by atoms with Crippen molar-refractivity contribution >= 4 is 27.5 Å². The fourth-order valence-corrected chi connectivity index (χ4v) is 2.44. The van der Waals surface area contributed by atoms with Gasteiger partial charge in [-0.25, -0.2) is 4.39 Å². The van der Waals surface area contributed by atoms with Crippen LogP contribution in [0, 0.1) is 5.82 Å². The van der Waals surface area contributed by atoms with Crippen LogP contribution < -0.4 is 0 Å². The number of benzene rings is 2. The molecule has 0 aliphatic carbocycles. The largest absolute Gasteiger partial charge is 0.369 e. The van der Waals surface area contributed by atoms with Gasteiger partial charge in [0.15, 0.2) is 0 Å². The van der Waals surface area contributed by atoms with Crippen molar-refractivity contribution < 1.29 is 9.13 Å². The average Bonchev–Trinajstić information content (AvgIpc) is 2.42. The van der Waals surface area contributed by atoms with Crippen molar-refractivity contribution in [2.24, 2.45) is 0 Å². The van der Waals surface area contributed by atoms with Gasteiger partial charge in [-0.05, 0) is 40.5 Å². The van der Waals surface area contributed by atoms with E-state index in [0.717, 1.165) is 5.56 Å². The van der Waals surface area contributed by atoms with E-state index in [0.29, 0.717) is 21.7 Å². The van der Waals surface area contributed by atoms with E-state index in [1.54, 1.807) is 19.1 Å². The van der Waals surface area contributed by atoms with E-state index in [9.17, 15) is 4.39 Å². The fraction of sp³-hybridized carbons (Fsp3) is 0.200. The standard InChI is InChI=1S/C15H13BrClFO/c1-10(19-9-11-5-3-2-4-6-11)14-13(17)8-7-12(16)15(14)18/h2-8,10H,9H2,1H3. The van der Waals surface area contributed by atoms with E-state index >= 15 is 0 Å². The van der Waals surface area contributed by atoms with Crippen molar-refractivity contribution in [3.8, 4) is 0 Å². The third-order valence-electron chi connectivity index (χ3n) is 2.83. The summed E-state index contributed by atoms with van der Waals surface area (Å²) >= 11 is 9.19. The lowest BCUT2D eigenvalue weighted by Crippen LogP contribution is -2.04. The molecule has 19 heavy (non-hydrogen) atoms. The Bertz CT molecular complexity index is 560. The maximum absolute atomic E-state index is 14.0. The minimum absolute atomic E-state index is 0.368. The zero-order valence-electron chi connectivity index (χ0n) is 10.4. The van der Waals surface area contributed by atoms with Crippen LogP contribution in [0.25, 0.3) is 0 Å². The molecule has 0 saturated heterocycles. The minimum Gasteiger partial charge on any atom is -0.369 e. The van der Waals surface area contributed by atoms with Gasteiger partial charge in [0.1, 0.15) is 5.82 Å². The van der Waals surface area contributed by atoms with E-state index in [-0.39, 0.29) is 5.82 Å². The summed E-state index contributed by atoms with van der Waals surface area (Å²) in [5.41, 5.74) is 1.42. The van der Waals surface area contributed by atoms with Crippen molar-refractivity contribution in [1.29, 1.82) is 0 Å². The van der Waals surface area contributed by atoms with E-state index in [2.05, 4.69) is 15.9 Å². The van der Waals surface area contributed by atoms with Crippen molar-refractivity contribution in [3.63, 3.8) is 0 Å². The van der Waals surface area contributed by atoms with Crippen LogP contribution in [0.1, 0.15) is 24.2 Å². The molecule has 0 fully saturated rings. The topological polar surface area (TPSA) is 9.23 Å². The molecular formula is C15H13BrClFO. The van der Waals surface area contributed by atoms with Gasteiger partial charge >= 0.3 is 0 Å². The van der Waals surface area contributed by atoms with Gasteiger partial charge in [-0.2, -0.15) is 0 Å². The van der Waals surface area contributed by atoms with Crippen LogP contribution in [0.3, 0.4) is 0 Å². The van der Waals surface area contributed by atoms with Gasteiger partial charge in [0, 0.05) is 10.6 Å². The minimum atomic E-state index is -0.412. The highest BCUT2D eigenvalue weighted by atomic mass is 79.9. The Labute approximate surface area is 125 Å². The molecule has 1 unspecified atom stereocenters. The second-order valence-corrected chi connectivity index (χ2v) is 5.46. The molecule has 1 nitrogen and oxygen atoms in total. The van der Waals surface area contributed by atoms with Crippen LogP contribution in [0.2, 0.25) is 5.02 Å². The number of hydrogen-bond acceptors (Lipinski definition) is 1. The summed E-state index contributed by atoms with van der Waals surface area (Å²) in [7, 11) is 0. The third kappa shape index (κ3) is 3.56. The van der Waals surface area contributed by atoms with Gasteiger partial charge in [-0.3, -0.25) is 0 Å². The van der Waals surface area contributed by atoms with Gasteiger partial charge < -0.3 is 4.74 Å². The van der Waals surface area contributed by atoms with E-state index < -0.39 is 6.10 Å². The summed E-state index contributed by atoms with van der Waals surface area (Å²) in [5.74, 6) is -0.368. The molecule has 2 aromatic rings. The molecule has 2 rings (SSSR count). The Kier molecular flexibility index (Phi) is 4.97. The van der Waals surface area contributed by atoms with E-state index in [1.807, 2.05) is 30.3 Å². The van der Waals surface area contributed by atoms with E-state index in [4.69, 9.17) is 16.3 Å². The van der Waals surface area contributed by atoms with Crippen molar-refractivity contribution in [2.45, 2.75) is 19.6 Å². The lowest BCUT2D eigenvalue weighted by molar-refractivity contribution is 0.0502. The molecule has 0 aliphatic rings. The SMILES string of the molecule is CC(OCc1ccccc1)c1c(Cl)ccc(Br)c1F. The van der Waals surface area contributed by atoms with Crippen LogP contribution >= 0.6 is 27.5 Å². The maximum Gasteiger partial charge on any atom is 0.144 e. The molecule has 0 aromatic heterocycles. The summed E-state index contributed by atoms with van der Waals surface area (Å²) in [5, 5.41) is 0.376. The fourth-order valence-electron chi connectivity index (χ4n) is 1.79. The molecule has 1 atom stereocenters. The van der Waals surface area contributed by atoms with Crippen molar-refractivity contribution in [3.05, 3.63) is 68.9 Å². The predicted octanol–water partition coefficient (Wildman–Crippen LogP) is 5.52. The van der Waals surface area contributed by atoms with Gasteiger partial charge in [0.05, 0.1) is 17.2 Å². The van der Waals surface area contributed by atoms with Crippen molar-refractivity contribution in [2.75, 3.05) is 0 Å². The van der Waals surface area contributed by atoms with Gasteiger partial charge in [0.25, 0.3) is 0 Å². The highest BCUT2D eigenvalue weighted by molar-refractivity contribution is 9.10. The summed E-state index contributed by atoms with van der Waals surface area (Å²) < 4.78 is 20.1. The molecule has 0 amide bonds. The number of ether oxygens (including phenoxy) is 1. The quantitative estimate of drug-likeness (QED) is 0.664. The first kappa shape index (κ1) is 14.5. The molecule has 0 N–H and O–H groups in total. The molecule has 0 heterocycles. The summed E-state index contributed by atoms with van der Waals surface area (Å²) in [6, 6.07) is 13.0. The second-order valence-electron chi connectivity index (χ2n) is 4.20. The molecule has 4 heteroatoms. The van der Waals surface area contributed by atoms with Crippen LogP contribution in [-0.4, -0.2) is 0 Å². The Morgan fingerprint density at radius 2 is 1.89 bits per heavy atom. The first-order valence-corrected chi connectivity index (χ1v) is 7.05. The molecule has 0 aliphatic heterocycles. The summed E-state index contributed by atoms with van der Waals surface area (Å²) in [6.45, 7) is 2.21. The number of hydrogen-bond donors (Lipinski definition) is 0. The van der Waals surface area contributed by atoms with Crippen LogP contribution in [0.4, 0.5) is 4.39 Å². The van der Waals surface area contributed by atoms with Crippen LogP contribution in [0.15, 0.2) is 46.9 Å². The number of rotatable bonds is 4. The highest BCUT2D eigenvalue weighted by Gasteiger charge is 2.17. The highest BCUT2D eigenvalue weighted by Crippen LogP contribution is 2.32. The smallest absolute Gasteiger partial charge is 0.144 e. The number of halogens is 3. The molecule has 0 bridgehead atoms. The van der Waals surface area contributed by atoms with Gasteiger partial charge in [-0.1, -0.05) is 41.9 Å². The van der Waals surface area contributed by atoms with Gasteiger partial charge in [-0.15, -0.1) is 0 Å². The Balaban J connectivity index is 2.12. The van der Waals surface area contributed by atoms with Crippen molar-refractivity contribution in [1.82, 2.24) is 0 Å². The normalized spacial score (nSPS) is 12.4. The zero-order chi connectivity index (χ0) is 13.8. The molecular weight excluding hydrogens is 331 g/mol. The predicted molar refractivity (Wildman–Crippen MR) is 78.8 cm³/mol. The van der Waals surface area contributed by atoms with E-state index in [1.165, 1.54) is 0 Å². The Morgan fingerprint density at radius 3 is 2.58 bits per heavy atom. The molecule has 0 saturated carbocycles.